The molecule has 1 saturated heterocycles. The summed E-state index contributed by atoms with van der Waals surface area (Å²) in [6, 6.07) is 5.21. The number of benzene rings is 1. The molecule has 0 bridgehead atoms. The van der Waals surface area contributed by atoms with Crippen LogP contribution < -0.4 is 20.1 Å². The lowest BCUT2D eigenvalue weighted by Gasteiger charge is -2.23. The minimum absolute atomic E-state index is 0.0310. The summed E-state index contributed by atoms with van der Waals surface area (Å²) < 4.78 is 11.4. The van der Waals surface area contributed by atoms with Gasteiger partial charge in [0, 0.05) is 24.6 Å². The maximum absolute atomic E-state index is 12.5. The van der Waals surface area contributed by atoms with Crippen molar-refractivity contribution < 1.29 is 19.1 Å². The fourth-order valence-electron chi connectivity index (χ4n) is 3.22. The second-order valence-corrected chi connectivity index (χ2v) is 6.40. The Kier molecular flexibility index (Phi) is 5.23. The van der Waals surface area contributed by atoms with Crippen LogP contribution in [0.1, 0.15) is 48.9 Å². The number of hydrogen-bond donors (Lipinski definition) is 2. The Hall–Kier alpha value is -2.24. The Labute approximate surface area is 141 Å². The maximum atomic E-state index is 12.5. The number of piperidine rings is 1. The molecule has 3 rings (SSSR count). The quantitative estimate of drug-likeness (QED) is 0.865. The molecule has 2 fully saturated rings. The summed E-state index contributed by atoms with van der Waals surface area (Å²) in [5, 5.41) is 5.73. The van der Waals surface area contributed by atoms with Crippen molar-refractivity contribution in [3.05, 3.63) is 23.8 Å². The summed E-state index contributed by atoms with van der Waals surface area (Å²) in [4.78, 5) is 23.7. The third-order valence-corrected chi connectivity index (χ3v) is 4.62. The van der Waals surface area contributed by atoms with Gasteiger partial charge in [0.25, 0.3) is 5.91 Å². The third kappa shape index (κ3) is 3.99. The molecule has 0 aromatic heterocycles. The van der Waals surface area contributed by atoms with Crippen molar-refractivity contribution in [1.82, 2.24) is 10.6 Å². The number of carbonyl (C=O) groups is 2. The first-order valence-electron chi connectivity index (χ1n) is 8.58. The monoisotopic (exact) mass is 332 g/mol. The summed E-state index contributed by atoms with van der Waals surface area (Å²) in [5.74, 6) is 1.14. The topological polar surface area (TPSA) is 76.7 Å². The Morgan fingerprint density at radius 1 is 1.21 bits per heavy atom. The van der Waals surface area contributed by atoms with Crippen LogP contribution >= 0.6 is 0 Å². The molecule has 130 valence electrons. The van der Waals surface area contributed by atoms with Crippen molar-refractivity contribution in [2.24, 2.45) is 0 Å². The van der Waals surface area contributed by atoms with Gasteiger partial charge in [-0.2, -0.15) is 0 Å². The average Bonchev–Trinajstić information content (AvgIpc) is 3.10. The van der Waals surface area contributed by atoms with E-state index in [1.807, 2.05) is 0 Å². The molecule has 6 heteroatoms. The lowest BCUT2D eigenvalue weighted by atomic mass is 10.1. The molecule has 0 spiro atoms. The SMILES string of the molecule is COc1ccc(C(=O)N[C@H]2CCC(=O)NC2)cc1OC1CCCC1. The van der Waals surface area contributed by atoms with Gasteiger partial charge in [0.05, 0.1) is 13.2 Å². The van der Waals surface area contributed by atoms with Crippen molar-refractivity contribution in [3.63, 3.8) is 0 Å². The second-order valence-electron chi connectivity index (χ2n) is 6.40. The summed E-state index contributed by atoms with van der Waals surface area (Å²) in [6.45, 7) is 0.478. The minimum atomic E-state index is -0.157. The highest BCUT2D eigenvalue weighted by Crippen LogP contribution is 2.32. The summed E-state index contributed by atoms with van der Waals surface area (Å²) >= 11 is 0. The minimum Gasteiger partial charge on any atom is -0.493 e. The molecular formula is C18H24N2O4. The zero-order valence-corrected chi connectivity index (χ0v) is 14.0. The molecule has 1 atom stereocenters. The van der Waals surface area contributed by atoms with Gasteiger partial charge in [0.2, 0.25) is 5.91 Å². The molecule has 2 amide bonds. The van der Waals surface area contributed by atoms with E-state index in [2.05, 4.69) is 10.6 Å². The van der Waals surface area contributed by atoms with Gasteiger partial charge in [0.15, 0.2) is 11.5 Å². The molecule has 1 aliphatic heterocycles. The van der Waals surface area contributed by atoms with Gasteiger partial charge in [-0.05, 0) is 50.3 Å². The number of ether oxygens (including phenoxy) is 2. The standard InChI is InChI=1S/C18H24N2O4/c1-23-15-8-6-12(10-16(15)24-14-4-2-3-5-14)18(22)20-13-7-9-17(21)19-11-13/h6,8,10,13-14H,2-5,7,9,11H2,1H3,(H,19,21)(H,20,22)/t13-/m0/s1. The number of rotatable bonds is 5. The Morgan fingerprint density at radius 2 is 2.00 bits per heavy atom. The van der Waals surface area contributed by atoms with Crippen LogP contribution in [0.4, 0.5) is 0 Å². The van der Waals surface area contributed by atoms with Crippen molar-refractivity contribution >= 4 is 11.8 Å². The van der Waals surface area contributed by atoms with E-state index in [1.165, 1.54) is 12.8 Å². The molecule has 2 aliphatic rings. The van der Waals surface area contributed by atoms with E-state index in [0.717, 1.165) is 12.8 Å². The van der Waals surface area contributed by atoms with Crippen LogP contribution in [0.25, 0.3) is 0 Å². The van der Waals surface area contributed by atoms with Crippen molar-refractivity contribution in [1.29, 1.82) is 0 Å². The molecule has 0 radical (unpaired) electrons. The highest BCUT2D eigenvalue weighted by atomic mass is 16.5. The van der Waals surface area contributed by atoms with Crippen LogP contribution in [0.2, 0.25) is 0 Å². The van der Waals surface area contributed by atoms with Crippen LogP contribution in [0.15, 0.2) is 18.2 Å². The predicted octanol–water partition coefficient (Wildman–Crippen LogP) is 2.02. The summed E-state index contributed by atoms with van der Waals surface area (Å²) in [7, 11) is 1.60. The van der Waals surface area contributed by atoms with E-state index in [4.69, 9.17) is 9.47 Å². The number of hydrogen-bond acceptors (Lipinski definition) is 4. The van der Waals surface area contributed by atoms with Crippen molar-refractivity contribution in [2.75, 3.05) is 13.7 Å². The van der Waals surface area contributed by atoms with Gasteiger partial charge in [-0.1, -0.05) is 0 Å². The molecule has 1 aromatic rings. The van der Waals surface area contributed by atoms with Gasteiger partial charge in [-0.3, -0.25) is 9.59 Å². The van der Waals surface area contributed by atoms with E-state index in [1.54, 1.807) is 25.3 Å². The van der Waals surface area contributed by atoms with E-state index in [-0.39, 0.29) is 24.0 Å². The molecule has 1 saturated carbocycles. The van der Waals surface area contributed by atoms with Crippen LogP contribution in [0, 0.1) is 0 Å². The third-order valence-electron chi connectivity index (χ3n) is 4.62. The lowest BCUT2D eigenvalue weighted by Crippen LogP contribution is -2.47. The molecule has 1 heterocycles. The zero-order chi connectivity index (χ0) is 16.9. The molecule has 1 aromatic carbocycles. The zero-order valence-electron chi connectivity index (χ0n) is 14.0. The lowest BCUT2D eigenvalue weighted by molar-refractivity contribution is -0.122. The first kappa shape index (κ1) is 16.6. The van der Waals surface area contributed by atoms with Gasteiger partial charge < -0.3 is 20.1 Å². The van der Waals surface area contributed by atoms with Crippen LogP contribution in [-0.4, -0.2) is 37.6 Å². The fraction of sp³-hybridized carbons (Fsp3) is 0.556. The van der Waals surface area contributed by atoms with Gasteiger partial charge >= 0.3 is 0 Å². The summed E-state index contributed by atoms with van der Waals surface area (Å²) in [5.41, 5.74) is 0.542. The van der Waals surface area contributed by atoms with Crippen molar-refractivity contribution in [3.8, 4) is 11.5 Å². The molecule has 0 unspecified atom stereocenters. The van der Waals surface area contributed by atoms with Crippen LogP contribution in [0.3, 0.4) is 0 Å². The predicted molar refractivity (Wildman–Crippen MR) is 89.4 cm³/mol. The normalized spacial score (nSPS) is 21.2. The Balaban J connectivity index is 1.67. The largest absolute Gasteiger partial charge is 0.493 e. The maximum Gasteiger partial charge on any atom is 0.251 e. The number of amides is 2. The van der Waals surface area contributed by atoms with Gasteiger partial charge in [-0.15, -0.1) is 0 Å². The van der Waals surface area contributed by atoms with Crippen LogP contribution in [0.5, 0.6) is 11.5 Å². The van der Waals surface area contributed by atoms with E-state index in [0.29, 0.717) is 36.4 Å². The first-order chi connectivity index (χ1) is 11.7. The van der Waals surface area contributed by atoms with Crippen LogP contribution in [-0.2, 0) is 4.79 Å². The molecule has 1 aliphatic carbocycles. The van der Waals surface area contributed by atoms with Crippen molar-refractivity contribution in [2.45, 2.75) is 50.7 Å². The fourth-order valence-corrected chi connectivity index (χ4v) is 3.22. The molecular weight excluding hydrogens is 308 g/mol. The average molecular weight is 332 g/mol. The molecule has 6 nitrogen and oxygen atoms in total. The first-order valence-corrected chi connectivity index (χ1v) is 8.58. The number of nitrogens with one attached hydrogen (secondary N) is 2. The molecule has 2 N–H and O–H groups in total. The Morgan fingerprint density at radius 3 is 2.67 bits per heavy atom. The van der Waals surface area contributed by atoms with E-state index in [9.17, 15) is 9.59 Å². The summed E-state index contributed by atoms with van der Waals surface area (Å²) in [6.07, 6.45) is 5.76. The highest BCUT2D eigenvalue weighted by Gasteiger charge is 2.22. The number of carbonyl (C=O) groups excluding carboxylic acids is 2. The second kappa shape index (κ2) is 7.55. The number of methoxy groups -OCH3 is 1. The van der Waals surface area contributed by atoms with E-state index >= 15 is 0 Å². The van der Waals surface area contributed by atoms with E-state index < -0.39 is 0 Å². The Bertz CT molecular complexity index is 601. The van der Waals surface area contributed by atoms with Gasteiger partial charge in [-0.25, -0.2) is 0 Å². The smallest absolute Gasteiger partial charge is 0.251 e. The van der Waals surface area contributed by atoms with Gasteiger partial charge in [0.1, 0.15) is 0 Å². The highest BCUT2D eigenvalue weighted by molar-refractivity contribution is 5.95. The molecule has 24 heavy (non-hydrogen) atoms.